The Balaban J connectivity index is 1.95. The van der Waals surface area contributed by atoms with Gasteiger partial charge in [0.1, 0.15) is 7.11 Å². The third-order valence-corrected chi connectivity index (χ3v) is 3.34. The number of hydrogen-bond acceptors (Lipinski definition) is 4. The van der Waals surface area contributed by atoms with Gasteiger partial charge in [-0.15, -0.1) is 0 Å². The predicted octanol–water partition coefficient (Wildman–Crippen LogP) is 2.33. The maximum atomic E-state index is 4.76. The average Bonchev–Trinajstić information content (AvgIpc) is 2.78. The molecule has 0 unspecified atom stereocenters. The topological polar surface area (TPSA) is 28.1 Å². The molecule has 4 nitrogen and oxygen atoms in total. The molecule has 0 aromatic carbocycles. The minimum atomic E-state index is 0.957. The summed E-state index contributed by atoms with van der Waals surface area (Å²) in [5, 5.41) is 3.92. The first-order valence-electron chi connectivity index (χ1n) is 6.89. The van der Waals surface area contributed by atoms with E-state index in [9.17, 15) is 0 Å². The van der Waals surface area contributed by atoms with Crippen LogP contribution in [0, 0.1) is 0 Å². The Morgan fingerprint density at radius 3 is 2.67 bits per heavy atom. The van der Waals surface area contributed by atoms with Gasteiger partial charge in [-0.1, -0.05) is 24.6 Å². The van der Waals surface area contributed by atoms with E-state index in [-0.39, 0.29) is 0 Å². The van der Waals surface area contributed by atoms with Gasteiger partial charge in [-0.25, -0.2) is 0 Å². The van der Waals surface area contributed by atoms with E-state index in [1.54, 1.807) is 13.2 Å². The van der Waals surface area contributed by atoms with E-state index >= 15 is 0 Å². The molecule has 18 heavy (non-hydrogen) atoms. The largest absolute Gasteiger partial charge is 0.399 e. The lowest BCUT2D eigenvalue weighted by Crippen LogP contribution is -2.24. The van der Waals surface area contributed by atoms with Gasteiger partial charge in [0, 0.05) is 13.1 Å². The van der Waals surface area contributed by atoms with E-state index in [1.165, 1.54) is 45.3 Å². The van der Waals surface area contributed by atoms with Crippen molar-refractivity contribution in [3.63, 3.8) is 0 Å². The van der Waals surface area contributed by atoms with Gasteiger partial charge < -0.3 is 4.84 Å². The zero-order chi connectivity index (χ0) is 13.2. The molecule has 1 fully saturated rings. The van der Waals surface area contributed by atoms with E-state index in [1.807, 2.05) is 0 Å². The van der Waals surface area contributed by atoms with Gasteiger partial charge in [-0.2, -0.15) is 0 Å². The number of hydrogen-bond donors (Lipinski definition) is 0. The summed E-state index contributed by atoms with van der Waals surface area (Å²) in [4.78, 5) is 9.66. The minimum absolute atomic E-state index is 0.957. The highest BCUT2D eigenvalue weighted by molar-refractivity contribution is 5.93. The molecule has 0 aromatic rings. The Morgan fingerprint density at radius 1 is 1.28 bits per heavy atom. The van der Waals surface area contributed by atoms with Crippen LogP contribution in [0.1, 0.15) is 32.1 Å². The van der Waals surface area contributed by atoms with Crippen LogP contribution in [0.25, 0.3) is 0 Å². The van der Waals surface area contributed by atoms with Gasteiger partial charge in [0.25, 0.3) is 0 Å². The second kappa shape index (κ2) is 9.11. The van der Waals surface area contributed by atoms with Gasteiger partial charge in [0.2, 0.25) is 0 Å². The summed E-state index contributed by atoms with van der Waals surface area (Å²) in [6.45, 7) is 8.57. The Morgan fingerprint density at radius 2 is 2.06 bits per heavy atom. The molecule has 0 N–H and O–H groups in total. The van der Waals surface area contributed by atoms with E-state index < -0.39 is 0 Å². The first-order chi connectivity index (χ1) is 8.76. The fourth-order valence-electron chi connectivity index (χ4n) is 2.27. The predicted molar refractivity (Wildman–Crippen MR) is 76.8 cm³/mol. The summed E-state index contributed by atoms with van der Waals surface area (Å²) in [5.41, 5.74) is 0.957. The zero-order valence-electron chi connectivity index (χ0n) is 11.9. The molecule has 1 rings (SSSR count). The van der Waals surface area contributed by atoms with E-state index in [0.717, 1.165) is 18.8 Å². The van der Waals surface area contributed by atoms with E-state index in [4.69, 9.17) is 4.84 Å². The second-order valence-electron chi connectivity index (χ2n) is 4.97. The molecule has 0 radical (unpaired) electrons. The molecule has 1 aliphatic rings. The number of rotatable bonds is 9. The molecule has 0 aliphatic carbocycles. The first-order valence-corrected chi connectivity index (χ1v) is 6.89. The van der Waals surface area contributed by atoms with Crippen LogP contribution < -0.4 is 0 Å². The number of unbranched alkanes of at least 4 members (excludes halogenated alkanes) is 3. The third kappa shape index (κ3) is 6.17. The molecule has 0 spiro atoms. The molecule has 0 bridgehead atoms. The van der Waals surface area contributed by atoms with Crippen LogP contribution in [0.2, 0.25) is 0 Å². The maximum Gasteiger partial charge on any atom is 0.106 e. The molecule has 4 heteroatoms. The average molecular weight is 253 g/mol. The summed E-state index contributed by atoms with van der Waals surface area (Å²) in [6.07, 6.45) is 7.80. The minimum Gasteiger partial charge on any atom is -0.399 e. The molecule has 0 aromatic heterocycles. The Kier molecular flexibility index (Phi) is 7.69. The fourth-order valence-corrected chi connectivity index (χ4v) is 2.27. The van der Waals surface area contributed by atoms with Crippen LogP contribution in [0.3, 0.4) is 0 Å². The number of nitrogens with zero attached hydrogens (tertiary/aromatic N) is 3. The summed E-state index contributed by atoms with van der Waals surface area (Å²) in [7, 11) is 3.77. The monoisotopic (exact) mass is 253 g/mol. The lowest BCUT2D eigenvalue weighted by atomic mass is 10.1. The molecule has 1 heterocycles. The highest BCUT2D eigenvalue weighted by Gasteiger charge is 2.14. The normalized spacial score (nSPS) is 18.2. The van der Waals surface area contributed by atoms with Gasteiger partial charge in [-0.05, 0) is 38.9 Å². The van der Waals surface area contributed by atoms with E-state index in [2.05, 4.69) is 28.6 Å². The fraction of sp³-hybridized carbons (Fsp3) is 0.786. The Hall–Kier alpha value is -0.870. The van der Waals surface area contributed by atoms with Crippen molar-refractivity contribution in [2.75, 3.05) is 40.5 Å². The summed E-state index contributed by atoms with van der Waals surface area (Å²) in [6, 6.07) is 0. The molecule has 1 aliphatic heterocycles. The van der Waals surface area contributed by atoms with Crippen molar-refractivity contribution < 1.29 is 4.84 Å². The number of likely N-dealkylation sites (N-methyl/N-ethyl adjacent to an activating group) is 1. The van der Waals surface area contributed by atoms with Crippen molar-refractivity contribution in [1.29, 1.82) is 0 Å². The quantitative estimate of drug-likeness (QED) is 0.359. The van der Waals surface area contributed by atoms with Gasteiger partial charge in [-0.3, -0.25) is 9.80 Å². The van der Waals surface area contributed by atoms with Crippen molar-refractivity contribution in [2.45, 2.75) is 32.1 Å². The Bertz CT molecular complexity index is 266. The highest BCUT2D eigenvalue weighted by atomic mass is 16.6. The smallest absolute Gasteiger partial charge is 0.106 e. The summed E-state index contributed by atoms with van der Waals surface area (Å²) < 4.78 is 0. The van der Waals surface area contributed by atoms with Gasteiger partial charge in [0.15, 0.2) is 0 Å². The van der Waals surface area contributed by atoms with Crippen molar-refractivity contribution in [3.05, 3.63) is 12.7 Å². The second-order valence-corrected chi connectivity index (χ2v) is 4.97. The molecular formula is C14H27N3O. The van der Waals surface area contributed by atoms with Crippen molar-refractivity contribution in [1.82, 2.24) is 9.80 Å². The highest BCUT2D eigenvalue weighted by Crippen LogP contribution is 2.08. The van der Waals surface area contributed by atoms with Crippen LogP contribution in [0.5, 0.6) is 0 Å². The Labute approximate surface area is 111 Å². The zero-order valence-corrected chi connectivity index (χ0v) is 11.9. The third-order valence-electron chi connectivity index (χ3n) is 3.34. The van der Waals surface area contributed by atoms with Gasteiger partial charge >= 0.3 is 0 Å². The molecule has 0 atom stereocenters. The summed E-state index contributed by atoms with van der Waals surface area (Å²) >= 11 is 0. The van der Waals surface area contributed by atoms with E-state index in [0.29, 0.717) is 0 Å². The maximum absolute atomic E-state index is 4.76. The summed E-state index contributed by atoms with van der Waals surface area (Å²) in [5.74, 6) is 0. The molecular weight excluding hydrogens is 226 g/mol. The van der Waals surface area contributed by atoms with Crippen molar-refractivity contribution >= 4 is 5.71 Å². The van der Waals surface area contributed by atoms with Crippen LogP contribution >= 0.6 is 0 Å². The molecule has 104 valence electrons. The van der Waals surface area contributed by atoms with Crippen LogP contribution in [0.15, 0.2) is 17.8 Å². The first kappa shape index (κ1) is 15.2. The molecule has 1 saturated heterocycles. The number of allylic oxidation sites excluding steroid dienone is 1. The standard InChI is InChI=1S/C14H27N3O/c1-4-14(15-18-3)9-7-5-6-8-10-17-12-11-16(2)13-17/h4H,1,5-13H2,2-3H3/b15-14+. The van der Waals surface area contributed by atoms with Crippen LogP contribution in [0.4, 0.5) is 0 Å². The molecule has 0 amide bonds. The van der Waals surface area contributed by atoms with Crippen molar-refractivity contribution in [3.8, 4) is 0 Å². The molecule has 0 saturated carbocycles. The van der Waals surface area contributed by atoms with Crippen LogP contribution in [-0.4, -0.2) is 56.0 Å². The lowest BCUT2D eigenvalue weighted by Gasteiger charge is -2.14. The van der Waals surface area contributed by atoms with Gasteiger partial charge in [0.05, 0.1) is 12.4 Å². The number of oxime groups is 1. The SMILES string of the molecule is C=C/C(CCCCCCN1CCN(C)C1)=N\OC. The van der Waals surface area contributed by atoms with Crippen LogP contribution in [-0.2, 0) is 4.84 Å². The van der Waals surface area contributed by atoms with Crippen molar-refractivity contribution in [2.24, 2.45) is 5.16 Å². The lowest BCUT2D eigenvalue weighted by molar-refractivity contribution is 0.213.